The van der Waals surface area contributed by atoms with Gasteiger partial charge >= 0.3 is 11.9 Å². The van der Waals surface area contributed by atoms with Crippen LogP contribution in [-0.2, 0) is 23.9 Å². The number of allylic oxidation sites excluding steroid dienone is 3. The van der Waals surface area contributed by atoms with Crippen LogP contribution in [-0.4, -0.2) is 47.9 Å². The van der Waals surface area contributed by atoms with Crippen molar-refractivity contribution < 1.29 is 28.8 Å². The van der Waals surface area contributed by atoms with Crippen molar-refractivity contribution in [3.63, 3.8) is 0 Å². The van der Waals surface area contributed by atoms with Crippen LogP contribution in [0.4, 0.5) is 5.69 Å². The number of nitrogens with one attached hydrogen (secondary N) is 1. The third-order valence-corrected chi connectivity index (χ3v) is 6.94. The lowest BCUT2D eigenvalue weighted by atomic mass is 9.69. The third kappa shape index (κ3) is 4.86. The summed E-state index contributed by atoms with van der Waals surface area (Å²) in [6.45, 7) is 5.62. The molecule has 34 heavy (non-hydrogen) atoms. The molecule has 0 aromatic heterocycles. The minimum absolute atomic E-state index is 0.126. The fourth-order valence-electron chi connectivity index (χ4n) is 4.58. The molecule has 0 saturated carbocycles. The SMILES string of the molecule is CCSCCOC(=O)C1=C(C)NC2=C(C(=O)[C@H](C(=O)OC)[C@H](C)C2)[C@@H]1c1ccccc1[N+](=O)[O-]. The molecule has 0 spiro atoms. The van der Waals surface area contributed by atoms with Crippen LogP contribution in [0, 0.1) is 22.0 Å². The smallest absolute Gasteiger partial charge is 0.336 e. The standard InChI is InChI=1S/C24H28N2O7S/c1-5-34-11-10-33-24(29)19-14(3)25-16-12-13(2)18(23(28)32-4)22(27)21(16)20(19)15-8-6-7-9-17(15)26(30)31/h6-9,13,18,20,25H,5,10-12H2,1-4H3/t13-,18-,20-/m1/s1. The van der Waals surface area contributed by atoms with E-state index in [0.29, 0.717) is 23.6 Å². The number of thioether (sulfide) groups is 1. The molecule has 1 aromatic carbocycles. The van der Waals surface area contributed by atoms with Gasteiger partial charge in [0.15, 0.2) is 5.78 Å². The van der Waals surface area contributed by atoms with Crippen LogP contribution in [0.2, 0.25) is 0 Å². The van der Waals surface area contributed by atoms with Crippen molar-refractivity contribution in [1.29, 1.82) is 0 Å². The Morgan fingerprint density at radius 3 is 2.65 bits per heavy atom. The average molecular weight is 489 g/mol. The van der Waals surface area contributed by atoms with E-state index >= 15 is 0 Å². The summed E-state index contributed by atoms with van der Waals surface area (Å²) in [7, 11) is 1.21. The number of nitro benzene ring substituents is 1. The summed E-state index contributed by atoms with van der Waals surface area (Å²) in [6.07, 6.45) is 0.352. The zero-order valence-corrected chi connectivity index (χ0v) is 20.4. The van der Waals surface area contributed by atoms with E-state index in [1.54, 1.807) is 31.7 Å². The van der Waals surface area contributed by atoms with E-state index in [4.69, 9.17) is 9.47 Å². The van der Waals surface area contributed by atoms with Gasteiger partial charge in [0, 0.05) is 34.3 Å². The maximum absolute atomic E-state index is 13.7. The molecule has 1 heterocycles. The lowest BCUT2D eigenvalue weighted by Crippen LogP contribution is -2.43. The van der Waals surface area contributed by atoms with Gasteiger partial charge in [0.2, 0.25) is 0 Å². The van der Waals surface area contributed by atoms with Crippen LogP contribution in [0.1, 0.15) is 38.7 Å². The Morgan fingerprint density at radius 2 is 2.00 bits per heavy atom. The molecule has 0 saturated heterocycles. The number of methoxy groups -OCH3 is 1. The quantitative estimate of drug-likeness (QED) is 0.192. The van der Waals surface area contributed by atoms with Gasteiger partial charge < -0.3 is 14.8 Å². The fourth-order valence-corrected chi connectivity index (χ4v) is 5.07. The minimum Gasteiger partial charge on any atom is -0.468 e. The van der Waals surface area contributed by atoms with Crippen molar-refractivity contribution in [3.05, 3.63) is 62.5 Å². The number of nitrogens with zero attached hydrogens (tertiary/aromatic N) is 1. The number of ether oxygens (including phenoxy) is 2. The summed E-state index contributed by atoms with van der Waals surface area (Å²) in [5, 5.41) is 15.0. The van der Waals surface area contributed by atoms with Gasteiger partial charge in [0.1, 0.15) is 12.5 Å². The van der Waals surface area contributed by atoms with Crippen molar-refractivity contribution in [2.45, 2.75) is 33.1 Å². The van der Waals surface area contributed by atoms with Gasteiger partial charge in [-0.1, -0.05) is 32.0 Å². The van der Waals surface area contributed by atoms with Crippen LogP contribution >= 0.6 is 11.8 Å². The van der Waals surface area contributed by atoms with E-state index < -0.39 is 34.5 Å². The first-order valence-corrected chi connectivity index (χ1v) is 12.2. The molecule has 0 unspecified atom stereocenters. The molecular weight excluding hydrogens is 460 g/mol. The number of nitro groups is 1. The number of carbonyl (C=O) groups is 3. The molecule has 2 aliphatic rings. The zero-order chi connectivity index (χ0) is 25.0. The summed E-state index contributed by atoms with van der Waals surface area (Å²) in [4.78, 5) is 50.7. The number of carbonyl (C=O) groups excluding carboxylic acids is 3. The molecule has 3 rings (SSSR count). The van der Waals surface area contributed by atoms with Gasteiger partial charge in [0.25, 0.3) is 5.69 Å². The average Bonchev–Trinajstić information content (AvgIpc) is 2.80. The van der Waals surface area contributed by atoms with Crippen LogP contribution in [0.15, 0.2) is 46.8 Å². The lowest BCUT2D eigenvalue weighted by Gasteiger charge is -2.38. The van der Waals surface area contributed by atoms with Gasteiger partial charge in [-0.25, -0.2) is 4.79 Å². The van der Waals surface area contributed by atoms with Crippen molar-refractivity contribution in [3.8, 4) is 0 Å². The van der Waals surface area contributed by atoms with Gasteiger partial charge in [-0.15, -0.1) is 0 Å². The van der Waals surface area contributed by atoms with Crippen LogP contribution in [0.5, 0.6) is 0 Å². The molecule has 9 nitrogen and oxygen atoms in total. The number of Topliss-reactive ketones (excluding diaryl/α,β-unsaturated/α-hetero) is 1. The molecule has 1 aliphatic carbocycles. The predicted molar refractivity (Wildman–Crippen MR) is 127 cm³/mol. The van der Waals surface area contributed by atoms with E-state index in [0.717, 1.165) is 5.75 Å². The minimum atomic E-state index is -1.06. The van der Waals surface area contributed by atoms with Crippen molar-refractivity contribution in [2.24, 2.45) is 11.8 Å². The summed E-state index contributed by atoms with van der Waals surface area (Å²) < 4.78 is 10.4. The third-order valence-electron chi connectivity index (χ3n) is 6.07. The first-order chi connectivity index (χ1) is 16.2. The summed E-state index contributed by atoms with van der Waals surface area (Å²) in [6, 6.07) is 6.01. The maximum Gasteiger partial charge on any atom is 0.336 e. The maximum atomic E-state index is 13.7. The lowest BCUT2D eigenvalue weighted by molar-refractivity contribution is -0.385. The van der Waals surface area contributed by atoms with Gasteiger partial charge in [-0.05, 0) is 25.0 Å². The highest BCUT2D eigenvalue weighted by Crippen LogP contribution is 2.47. The van der Waals surface area contributed by atoms with Crippen molar-refractivity contribution >= 4 is 35.2 Å². The largest absolute Gasteiger partial charge is 0.468 e. The van der Waals surface area contributed by atoms with E-state index in [1.165, 1.54) is 25.3 Å². The molecule has 0 bridgehead atoms. The topological polar surface area (TPSA) is 125 Å². The molecule has 0 fully saturated rings. The first kappa shape index (κ1) is 25.5. The Labute approximate surface area is 202 Å². The van der Waals surface area contributed by atoms with Gasteiger partial charge in [-0.2, -0.15) is 11.8 Å². The molecule has 1 aliphatic heterocycles. The van der Waals surface area contributed by atoms with E-state index in [9.17, 15) is 24.5 Å². The number of dihydropyridines is 1. The second-order valence-corrected chi connectivity index (χ2v) is 9.58. The Morgan fingerprint density at radius 1 is 1.29 bits per heavy atom. The van der Waals surface area contributed by atoms with E-state index in [1.807, 2.05) is 6.92 Å². The molecule has 3 atom stereocenters. The number of rotatable bonds is 8. The van der Waals surface area contributed by atoms with Gasteiger partial charge in [0.05, 0.1) is 23.5 Å². The monoisotopic (exact) mass is 488 g/mol. The highest BCUT2D eigenvalue weighted by molar-refractivity contribution is 7.99. The molecule has 10 heteroatoms. The van der Waals surface area contributed by atoms with Crippen LogP contribution in [0.25, 0.3) is 0 Å². The molecule has 1 aromatic rings. The number of ketones is 1. The Balaban J connectivity index is 2.16. The van der Waals surface area contributed by atoms with Crippen molar-refractivity contribution in [1.82, 2.24) is 5.32 Å². The fraction of sp³-hybridized carbons (Fsp3) is 0.458. The zero-order valence-electron chi connectivity index (χ0n) is 19.6. The highest BCUT2D eigenvalue weighted by Gasteiger charge is 2.48. The molecule has 1 N–H and O–H groups in total. The summed E-state index contributed by atoms with van der Waals surface area (Å²) in [5.74, 6) is -2.80. The van der Waals surface area contributed by atoms with Gasteiger partial charge in [-0.3, -0.25) is 19.7 Å². The highest BCUT2D eigenvalue weighted by atomic mass is 32.2. The molecule has 0 radical (unpaired) electrons. The van der Waals surface area contributed by atoms with E-state index in [-0.39, 0.29) is 34.9 Å². The summed E-state index contributed by atoms with van der Waals surface area (Å²) in [5.41, 5.74) is 1.29. The number of hydrogen-bond donors (Lipinski definition) is 1. The molecular formula is C24H28N2O7S. The Hall–Kier alpha value is -3.14. The number of benzene rings is 1. The molecule has 0 amide bonds. The Kier molecular flexibility index (Phi) is 8.14. The van der Waals surface area contributed by atoms with Crippen LogP contribution in [0.3, 0.4) is 0 Å². The number of esters is 2. The van der Waals surface area contributed by atoms with Crippen molar-refractivity contribution in [2.75, 3.05) is 25.2 Å². The normalized spacial score (nSPS) is 22.1. The predicted octanol–water partition coefficient (Wildman–Crippen LogP) is 3.50. The summed E-state index contributed by atoms with van der Waals surface area (Å²) >= 11 is 1.61. The number of hydrogen-bond acceptors (Lipinski definition) is 9. The number of para-hydroxylation sites is 1. The van der Waals surface area contributed by atoms with E-state index in [2.05, 4.69) is 5.32 Å². The second kappa shape index (κ2) is 10.9. The first-order valence-electron chi connectivity index (χ1n) is 11.0. The Bertz CT molecular complexity index is 1080. The molecule has 182 valence electrons. The van der Waals surface area contributed by atoms with Crippen LogP contribution < -0.4 is 5.32 Å². The second-order valence-electron chi connectivity index (χ2n) is 8.18.